The predicted molar refractivity (Wildman–Crippen MR) is 68.8 cm³/mol. The first kappa shape index (κ1) is 13.7. The zero-order valence-electron chi connectivity index (χ0n) is 10.8. The standard InChI is InChI=1S/C14H21NO2/c1-4-9-15-13(14(16)17-5-2)12-8-6-7-11(3)10-12/h6-8,10,13,15H,4-5,9H2,1-3H3. The molecule has 1 rings (SSSR count). The number of hydrogen-bond acceptors (Lipinski definition) is 3. The molecule has 0 aromatic heterocycles. The summed E-state index contributed by atoms with van der Waals surface area (Å²) < 4.78 is 5.09. The van der Waals surface area contributed by atoms with Crippen LogP contribution in [0.5, 0.6) is 0 Å². The number of nitrogens with one attached hydrogen (secondary N) is 1. The summed E-state index contributed by atoms with van der Waals surface area (Å²) in [6, 6.07) is 7.60. The number of rotatable bonds is 6. The zero-order valence-corrected chi connectivity index (χ0v) is 10.8. The third-order valence-electron chi connectivity index (χ3n) is 2.50. The van der Waals surface area contributed by atoms with Gasteiger partial charge in [0, 0.05) is 0 Å². The molecule has 0 saturated heterocycles. The number of benzene rings is 1. The van der Waals surface area contributed by atoms with Crippen molar-refractivity contribution in [3.05, 3.63) is 35.4 Å². The van der Waals surface area contributed by atoms with E-state index < -0.39 is 0 Å². The molecule has 0 heterocycles. The maximum atomic E-state index is 11.9. The normalized spacial score (nSPS) is 12.2. The Hall–Kier alpha value is -1.35. The van der Waals surface area contributed by atoms with Crippen LogP contribution in [0, 0.1) is 6.92 Å². The van der Waals surface area contributed by atoms with Crippen LogP contribution in [0.2, 0.25) is 0 Å². The van der Waals surface area contributed by atoms with Crippen molar-refractivity contribution in [3.63, 3.8) is 0 Å². The van der Waals surface area contributed by atoms with Crippen molar-refractivity contribution in [2.24, 2.45) is 0 Å². The van der Waals surface area contributed by atoms with Gasteiger partial charge in [0.05, 0.1) is 6.61 Å². The minimum Gasteiger partial charge on any atom is -0.465 e. The molecule has 94 valence electrons. The van der Waals surface area contributed by atoms with E-state index >= 15 is 0 Å². The van der Waals surface area contributed by atoms with Gasteiger partial charge in [-0.3, -0.25) is 0 Å². The van der Waals surface area contributed by atoms with Gasteiger partial charge in [-0.25, -0.2) is 4.79 Å². The SMILES string of the molecule is CCCNC(C(=O)OCC)c1cccc(C)c1. The smallest absolute Gasteiger partial charge is 0.327 e. The highest BCUT2D eigenvalue weighted by Gasteiger charge is 2.20. The molecular weight excluding hydrogens is 214 g/mol. The summed E-state index contributed by atoms with van der Waals surface area (Å²) in [4.78, 5) is 11.9. The quantitative estimate of drug-likeness (QED) is 0.770. The number of carbonyl (C=O) groups excluding carboxylic acids is 1. The van der Waals surface area contributed by atoms with Crippen molar-refractivity contribution >= 4 is 5.97 Å². The van der Waals surface area contributed by atoms with Gasteiger partial charge in [-0.15, -0.1) is 0 Å². The minimum atomic E-state index is -0.352. The third kappa shape index (κ3) is 4.19. The fourth-order valence-corrected chi connectivity index (χ4v) is 1.70. The van der Waals surface area contributed by atoms with Crippen molar-refractivity contribution in [3.8, 4) is 0 Å². The Morgan fingerprint density at radius 1 is 1.41 bits per heavy atom. The summed E-state index contributed by atoms with van der Waals surface area (Å²) in [6.45, 7) is 7.13. The summed E-state index contributed by atoms with van der Waals surface area (Å²) >= 11 is 0. The molecule has 0 saturated carbocycles. The molecule has 1 unspecified atom stereocenters. The van der Waals surface area contributed by atoms with E-state index in [2.05, 4.69) is 12.2 Å². The average Bonchev–Trinajstić information content (AvgIpc) is 2.30. The van der Waals surface area contributed by atoms with Gasteiger partial charge in [0.25, 0.3) is 0 Å². The van der Waals surface area contributed by atoms with Crippen LogP contribution in [0.15, 0.2) is 24.3 Å². The first-order valence-corrected chi connectivity index (χ1v) is 6.15. The Bertz CT molecular complexity index is 363. The largest absolute Gasteiger partial charge is 0.465 e. The summed E-state index contributed by atoms with van der Waals surface area (Å²) in [5.74, 6) is -0.202. The molecule has 1 aromatic rings. The van der Waals surface area contributed by atoms with E-state index in [0.717, 1.165) is 24.1 Å². The summed E-state index contributed by atoms with van der Waals surface area (Å²) in [5.41, 5.74) is 2.12. The van der Waals surface area contributed by atoms with Gasteiger partial charge in [-0.2, -0.15) is 0 Å². The third-order valence-corrected chi connectivity index (χ3v) is 2.50. The molecular formula is C14H21NO2. The molecule has 1 N–H and O–H groups in total. The lowest BCUT2D eigenvalue weighted by molar-refractivity contribution is -0.145. The van der Waals surface area contributed by atoms with E-state index in [4.69, 9.17) is 4.74 Å². The van der Waals surface area contributed by atoms with Crippen molar-refractivity contribution in [1.29, 1.82) is 0 Å². The Balaban J connectivity index is 2.85. The van der Waals surface area contributed by atoms with Gasteiger partial charge >= 0.3 is 5.97 Å². The van der Waals surface area contributed by atoms with E-state index in [1.165, 1.54) is 0 Å². The maximum absolute atomic E-state index is 11.9. The van der Waals surface area contributed by atoms with Gasteiger partial charge in [0.15, 0.2) is 0 Å². The summed E-state index contributed by atoms with van der Waals surface area (Å²) in [5, 5.41) is 3.22. The highest BCUT2D eigenvalue weighted by Crippen LogP contribution is 2.16. The van der Waals surface area contributed by atoms with Gasteiger partial charge < -0.3 is 10.1 Å². The number of aryl methyl sites for hydroxylation is 1. The Morgan fingerprint density at radius 2 is 2.18 bits per heavy atom. The molecule has 0 bridgehead atoms. The van der Waals surface area contributed by atoms with Crippen LogP contribution in [0.1, 0.15) is 37.4 Å². The monoisotopic (exact) mass is 235 g/mol. The predicted octanol–water partition coefficient (Wildman–Crippen LogP) is 2.60. The van der Waals surface area contributed by atoms with Crippen molar-refractivity contribution in [2.75, 3.05) is 13.2 Å². The fourth-order valence-electron chi connectivity index (χ4n) is 1.70. The Morgan fingerprint density at radius 3 is 2.76 bits per heavy atom. The molecule has 0 aliphatic carbocycles. The molecule has 17 heavy (non-hydrogen) atoms. The van der Waals surface area contributed by atoms with Gasteiger partial charge in [-0.1, -0.05) is 36.8 Å². The van der Waals surface area contributed by atoms with E-state index in [1.807, 2.05) is 38.1 Å². The van der Waals surface area contributed by atoms with E-state index in [-0.39, 0.29) is 12.0 Å². The van der Waals surface area contributed by atoms with Gasteiger partial charge in [-0.05, 0) is 32.4 Å². The van der Waals surface area contributed by atoms with Crippen molar-refractivity contribution in [2.45, 2.75) is 33.2 Å². The second-order valence-corrected chi connectivity index (χ2v) is 4.05. The van der Waals surface area contributed by atoms with Crippen LogP contribution in [-0.4, -0.2) is 19.1 Å². The highest BCUT2D eigenvalue weighted by atomic mass is 16.5. The van der Waals surface area contributed by atoms with Crippen LogP contribution in [0.4, 0.5) is 0 Å². The molecule has 0 aliphatic heterocycles. The molecule has 3 nitrogen and oxygen atoms in total. The van der Waals surface area contributed by atoms with Crippen LogP contribution in [0.3, 0.4) is 0 Å². The molecule has 0 aliphatic rings. The van der Waals surface area contributed by atoms with Gasteiger partial charge in [0.2, 0.25) is 0 Å². The maximum Gasteiger partial charge on any atom is 0.327 e. The van der Waals surface area contributed by atoms with Crippen LogP contribution >= 0.6 is 0 Å². The first-order valence-electron chi connectivity index (χ1n) is 6.15. The number of ether oxygens (including phenoxy) is 1. The molecule has 1 aromatic carbocycles. The van der Waals surface area contributed by atoms with Crippen LogP contribution in [0.25, 0.3) is 0 Å². The molecule has 0 spiro atoms. The topological polar surface area (TPSA) is 38.3 Å². The summed E-state index contributed by atoms with van der Waals surface area (Å²) in [7, 11) is 0. The molecule has 3 heteroatoms. The molecule has 1 atom stereocenters. The number of hydrogen-bond donors (Lipinski definition) is 1. The van der Waals surface area contributed by atoms with Crippen molar-refractivity contribution < 1.29 is 9.53 Å². The second-order valence-electron chi connectivity index (χ2n) is 4.05. The average molecular weight is 235 g/mol. The lowest BCUT2D eigenvalue weighted by Crippen LogP contribution is -2.30. The first-order chi connectivity index (χ1) is 8.19. The summed E-state index contributed by atoms with van der Waals surface area (Å²) in [6.07, 6.45) is 0.988. The fraction of sp³-hybridized carbons (Fsp3) is 0.500. The molecule has 0 amide bonds. The highest BCUT2D eigenvalue weighted by molar-refractivity contribution is 5.77. The number of esters is 1. The Kier molecular flexibility index (Phi) is 5.70. The Labute approximate surface area is 103 Å². The lowest BCUT2D eigenvalue weighted by atomic mass is 10.0. The lowest BCUT2D eigenvalue weighted by Gasteiger charge is -2.17. The minimum absolute atomic E-state index is 0.202. The van der Waals surface area contributed by atoms with Gasteiger partial charge in [0.1, 0.15) is 6.04 Å². The molecule has 0 fully saturated rings. The van der Waals surface area contributed by atoms with Crippen LogP contribution < -0.4 is 5.32 Å². The van der Waals surface area contributed by atoms with Crippen LogP contribution in [-0.2, 0) is 9.53 Å². The van der Waals surface area contributed by atoms with E-state index in [0.29, 0.717) is 6.61 Å². The second kappa shape index (κ2) is 7.07. The van der Waals surface area contributed by atoms with E-state index in [1.54, 1.807) is 0 Å². The van der Waals surface area contributed by atoms with Crippen molar-refractivity contribution in [1.82, 2.24) is 5.32 Å². The van der Waals surface area contributed by atoms with E-state index in [9.17, 15) is 4.79 Å². The number of carbonyl (C=O) groups is 1. The molecule has 0 radical (unpaired) electrons. The zero-order chi connectivity index (χ0) is 12.7.